The Morgan fingerprint density at radius 3 is 3.06 bits per heavy atom. The van der Waals surface area contributed by atoms with Crippen molar-refractivity contribution in [2.24, 2.45) is 11.7 Å². The zero-order valence-electron chi connectivity index (χ0n) is 11.5. The number of aryl methyl sites for hydroxylation is 1. The molecule has 1 saturated carbocycles. The highest BCUT2D eigenvalue weighted by Gasteiger charge is 2.38. The van der Waals surface area contributed by atoms with E-state index in [0.717, 1.165) is 38.1 Å². The maximum Gasteiger partial charge on any atom is 0.111 e. The molecule has 102 valence electrons. The van der Waals surface area contributed by atoms with Gasteiger partial charge in [0.05, 0.1) is 6.61 Å². The molecule has 4 nitrogen and oxygen atoms in total. The van der Waals surface area contributed by atoms with E-state index in [0.29, 0.717) is 11.8 Å². The van der Waals surface area contributed by atoms with Crippen LogP contribution in [-0.4, -0.2) is 26.8 Å². The lowest BCUT2D eigenvalue weighted by Gasteiger charge is -2.29. The van der Waals surface area contributed by atoms with Crippen molar-refractivity contribution in [1.82, 2.24) is 9.55 Å². The minimum absolute atomic E-state index is 0.110. The highest BCUT2D eigenvalue weighted by molar-refractivity contribution is 4.99. The van der Waals surface area contributed by atoms with E-state index in [1.54, 1.807) is 0 Å². The molecule has 18 heavy (non-hydrogen) atoms. The molecule has 1 heterocycles. The normalized spacial score (nSPS) is 28.2. The van der Waals surface area contributed by atoms with E-state index in [9.17, 15) is 5.11 Å². The molecule has 0 bridgehead atoms. The van der Waals surface area contributed by atoms with Crippen LogP contribution in [0.3, 0.4) is 0 Å². The number of aromatic nitrogens is 2. The fraction of sp³-hybridized carbons (Fsp3) is 0.786. The molecule has 3 N–H and O–H groups in total. The first-order chi connectivity index (χ1) is 8.57. The topological polar surface area (TPSA) is 64.1 Å². The summed E-state index contributed by atoms with van der Waals surface area (Å²) in [5.41, 5.74) is 5.92. The number of nitrogens with two attached hydrogens (primary N) is 1. The number of hydrogen-bond donors (Lipinski definition) is 2. The Morgan fingerprint density at radius 1 is 1.61 bits per heavy atom. The largest absolute Gasteiger partial charge is 0.394 e. The van der Waals surface area contributed by atoms with Crippen molar-refractivity contribution >= 4 is 0 Å². The molecule has 0 amide bonds. The first kappa shape index (κ1) is 13.6. The summed E-state index contributed by atoms with van der Waals surface area (Å²) < 4.78 is 2.22. The van der Waals surface area contributed by atoms with Crippen molar-refractivity contribution in [2.45, 2.75) is 57.5 Å². The maximum atomic E-state index is 9.45. The van der Waals surface area contributed by atoms with Crippen LogP contribution >= 0.6 is 0 Å². The Morgan fingerprint density at radius 2 is 2.39 bits per heavy atom. The fourth-order valence-electron chi connectivity index (χ4n) is 3.11. The van der Waals surface area contributed by atoms with Crippen molar-refractivity contribution in [1.29, 1.82) is 0 Å². The standard InChI is InChI=1S/C14H25N3O/c1-11(2)13-16-7-9-17(13)8-5-12-4-3-6-14(12,15)10-18/h7,9,11-12,18H,3-6,8,10,15H2,1-2H3. The number of nitrogens with zero attached hydrogens (tertiary/aromatic N) is 2. The van der Waals surface area contributed by atoms with E-state index in [1.165, 1.54) is 0 Å². The van der Waals surface area contributed by atoms with E-state index in [4.69, 9.17) is 5.73 Å². The summed E-state index contributed by atoms with van der Waals surface area (Å²) in [6, 6.07) is 0. The Bertz CT molecular complexity index is 388. The number of hydrogen-bond acceptors (Lipinski definition) is 3. The van der Waals surface area contributed by atoms with Gasteiger partial charge in [0.1, 0.15) is 5.82 Å². The lowest BCUT2D eigenvalue weighted by Crippen LogP contribution is -2.47. The van der Waals surface area contributed by atoms with Crippen molar-refractivity contribution in [3.63, 3.8) is 0 Å². The molecule has 4 heteroatoms. The molecule has 0 spiro atoms. The van der Waals surface area contributed by atoms with E-state index in [2.05, 4.69) is 23.4 Å². The van der Waals surface area contributed by atoms with Gasteiger partial charge in [-0.15, -0.1) is 0 Å². The second kappa shape index (κ2) is 5.41. The predicted octanol–water partition coefficient (Wildman–Crippen LogP) is 1.89. The fourth-order valence-corrected chi connectivity index (χ4v) is 3.11. The monoisotopic (exact) mass is 251 g/mol. The molecule has 2 atom stereocenters. The van der Waals surface area contributed by atoms with Crippen molar-refractivity contribution < 1.29 is 5.11 Å². The molecule has 0 aromatic carbocycles. The number of aliphatic hydroxyl groups is 1. The zero-order chi connectivity index (χ0) is 13.2. The van der Waals surface area contributed by atoms with Gasteiger partial charge in [0.15, 0.2) is 0 Å². The van der Waals surface area contributed by atoms with Crippen LogP contribution in [0.2, 0.25) is 0 Å². The van der Waals surface area contributed by atoms with Crippen LogP contribution in [0.5, 0.6) is 0 Å². The minimum atomic E-state index is -0.349. The summed E-state index contributed by atoms with van der Waals surface area (Å²) in [6.45, 7) is 5.39. The molecule has 1 aromatic rings. The summed E-state index contributed by atoms with van der Waals surface area (Å²) in [5, 5.41) is 9.45. The second-order valence-corrected chi connectivity index (χ2v) is 5.90. The first-order valence-electron chi connectivity index (χ1n) is 6.97. The summed E-state index contributed by atoms with van der Waals surface area (Å²) in [5.74, 6) is 2.02. The molecule has 1 aliphatic carbocycles. The number of imidazole rings is 1. The molecular formula is C14H25N3O. The van der Waals surface area contributed by atoms with Gasteiger partial charge in [-0.25, -0.2) is 4.98 Å². The van der Waals surface area contributed by atoms with Gasteiger partial charge in [-0.1, -0.05) is 20.3 Å². The van der Waals surface area contributed by atoms with Crippen molar-refractivity contribution in [2.75, 3.05) is 6.61 Å². The third-order valence-electron chi connectivity index (χ3n) is 4.28. The van der Waals surface area contributed by atoms with Crippen LogP contribution in [0.25, 0.3) is 0 Å². The van der Waals surface area contributed by atoms with Crippen LogP contribution in [0.4, 0.5) is 0 Å². The van der Waals surface area contributed by atoms with Gasteiger partial charge in [-0.05, 0) is 25.2 Å². The summed E-state index contributed by atoms with van der Waals surface area (Å²) in [7, 11) is 0. The number of aliphatic hydroxyl groups excluding tert-OH is 1. The van der Waals surface area contributed by atoms with Crippen molar-refractivity contribution in [3.8, 4) is 0 Å². The molecule has 2 unspecified atom stereocenters. The molecule has 1 aliphatic rings. The Hall–Kier alpha value is -0.870. The molecule has 0 radical (unpaired) electrons. The van der Waals surface area contributed by atoms with Gasteiger partial charge in [-0.2, -0.15) is 0 Å². The van der Waals surface area contributed by atoms with Gasteiger partial charge in [0.2, 0.25) is 0 Å². The van der Waals surface area contributed by atoms with Crippen LogP contribution in [0.15, 0.2) is 12.4 Å². The van der Waals surface area contributed by atoms with Crippen LogP contribution in [0.1, 0.15) is 51.3 Å². The molecule has 1 fully saturated rings. The van der Waals surface area contributed by atoms with Crippen molar-refractivity contribution in [3.05, 3.63) is 18.2 Å². The SMILES string of the molecule is CC(C)c1nccn1CCC1CCCC1(N)CO. The first-order valence-corrected chi connectivity index (χ1v) is 6.97. The predicted molar refractivity (Wildman–Crippen MR) is 72.3 cm³/mol. The lowest BCUT2D eigenvalue weighted by molar-refractivity contribution is 0.152. The third kappa shape index (κ3) is 2.59. The molecular weight excluding hydrogens is 226 g/mol. The quantitative estimate of drug-likeness (QED) is 0.840. The van der Waals surface area contributed by atoms with Crippen LogP contribution < -0.4 is 5.73 Å². The minimum Gasteiger partial charge on any atom is -0.394 e. The zero-order valence-corrected chi connectivity index (χ0v) is 11.5. The van der Waals surface area contributed by atoms with Gasteiger partial charge in [0, 0.05) is 30.4 Å². The van der Waals surface area contributed by atoms with Crippen LogP contribution in [0, 0.1) is 5.92 Å². The smallest absolute Gasteiger partial charge is 0.111 e. The summed E-state index contributed by atoms with van der Waals surface area (Å²) in [4.78, 5) is 4.40. The van der Waals surface area contributed by atoms with E-state index in [-0.39, 0.29) is 12.1 Å². The molecule has 0 saturated heterocycles. The van der Waals surface area contributed by atoms with Gasteiger partial charge >= 0.3 is 0 Å². The molecule has 0 aliphatic heterocycles. The highest BCUT2D eigenvalue weighted by Crippen LogP contribution is 2.36. The van der Waals surface area contributed by atoms with Gasteiger partial charge in [0.25, 0.3) is 0 Å². The lowest BCUT2D eigenvalue weighted by atomic mass is 9.86. The van der Waals surface area contributed by atoms with Gasteiger partial charge < -0.3 is 15.4 Å². The maximum absolute atomic E-state index is 9.45. The van der Waals surface area contributed by atoms with Crippen LogP contribution in [-0.2, 0) is 6.54 Å². The summed E-state index contributed by atoms with van der Waals surface area (Å²) >= 11 is 0. The Labute approximate surface area is 109 Å². The third-order valence-corrected chi connectivity index (χ3v) is 4.28. The number of rotatable bonds is 5. The average molecular weight is 251 g/mol. The average Bonchev–Trinajstić information content (AvgIpc) is 2.93. The van der Waals surface area contributed by atoms with E-state index < -0.39 is 0 Å². The Balaban J connectivity index is 1.97. The molecule has 2 rings (SSSR count). The van der Waals surface area contributed by atoms with Gasteiger partial charge in [-0.3, -0.25) is 0 Å². The van der Waals surface area contributed by atoms with E-state index in [1.807, 2.05) is 12.4 Å². The second-order valence-electron chi connectivity index (χ2n) is 5.90. The highest BCUT2D eigenvalue weighted by atomic mass is 16.3. The Kier molecular flexibility index (Phi) is 4.07. The van der Waals surface area contributed by atoms with E-state index >= 15 is 0 Å². The summed E-state index contributed by atoms with van der Waals surface area (Å²) in [6.07, 6.45) is 8.18. The molecule has 1 aromatic heterocycles.